The minimum Gasteiger partial charge on any atom is -0.508 e. The number of amides is 2. The molecule has 30 heavy (non-hydrogen) atoms. The molecule has 2 atom stereocenters. The maximum Gasteiger partial charge on any atom is 0.336 e. The van der Waals surface area contributed by atoms with Gasteiger partial charge in [-0.1, -0.05) is 19.8 Å². The Balaban J connectivity index is 1.49. The molecule has 2 aromatic rings. The number of rotatable bonds is 5. The number of imide groups is 1. The number of aromatic hydroxyl groups is 1. The quantitative estimate of drug-likeness (QED) is 0.454. The number of aryl methyl sites for hydroxylation is 1. The number of carbonyl (C=O) groups excluding carboxylic acids is 3. The number of hydrogen-bond donors (Lipinski definition) is 1. The van der Waals surface area contributed by atoms with Crippen LogP contribution in [0.25, 0.3) is 11.0 Å². The molecule has 0 radical (unpaired) electrons. The fourth-order valence-electron chi connectivity index (χ4n) is 4.43. The number of ether oxygens (including phenoxy) is 1. The third-order valence-electron chi connectivity index (χ3n) is 6.02. The van der Waals surface area contributed by atoms with E-state index in [0.717, 1.165) is 17.7 Å². The zero-order valence-electron chi connectivity index (χ0n) is 16.7. The average molecular weight is 413 g/mol. The standard InChI is InChI=1S/C22H23NO7/c1-2-12-7-16-13(8-19(25)30-18(16)9-17(12)24)11-29-20(26)10-23-21(27)14-5-3-4-6-15(14)22(23)28/h7-9,14-15,24H,2-6,10-11H2,1H3/t14-,15+. The largest absolute Gasteiger partial charge is 0.508 e. The van der Waals surface area contributed by atoms with E-state index in [9.17, 15) is 24.3 Å². The summed E-state index contributed by atoms with van der Waals surface area (Å²) in [5.74, 6) is -1.92. The highest BCUT2D eigenvalue weighted by Crippen LogP contribution is 2.37. The van der Waals surface area contributed by atoms with Crippen molar-refractivity contribution in [2.75, 3.05) is 6.54 Å². The third-order valence-corrected chi connectivity index (χ3v) is 6.02. The van der Waals surface area contributed by atoms with E-state index in [0.29, 0.717) is 35.8 Å². The van der Waals surface area contributed by atoms with E-state index in [1.807, 2.05) is 6.92 Å². The van der Waals surface area contributed by atoms with Gasteiger partial charge in [-0.15, -0.1) is 0 Å². The summed E-state index contributed by atoms with van der Waals surface area (Å²) in [5, 5.41) is 10.5. The first-order chi connectivity index (χ1) is 14.4. The van der Waals surface area contributed by atoms with E-state index < -0.39 is 18.1 Å². The molecule has 1 aliphatic heterocycles. The molecule has 0 bridgehead atoms. The molecular weight excluding hydrogens is 390 g/mol. The monoisotopic (exact) mass is 413 g/mol. The molecule has 2 amide bonds. The van der Waals surface area contributed by atoms with E-state index in [1.54, 1.807) is 6.07 Å². The topological polar surface area (TPSA) is 114 Å². The van der Waals surface area contributed by atoms with E-state index in [1.165, 1.54) is 12.1 Å². The van der Waals surface area contributed by atoms with Crippen molar-refractivity contribution in [1.29, 1.82) is 0 Å². The molecule has 2 aliphatic rings. The van der Waals surface area contributed by atoms with Gasteiger partial charge in [0, 0.05) is 23.1 Å². The van der Waals surface area contributed by atoms with Crippen molar-refractivity contribution in [1.82, 2.24) is 4.90 Å². The number of fused-ring (bicyclic) bond motifs is 2. The van der Waals surface area contributed by atoms with Crippen LogP contribution in [0.15, 0.2) is 27.4 Å². The number of hydrogen-bond acceptors (Lipinski definition) is 7. The molecular formula is C22H23NO7. The predicted molar refractivity (Wildman–Crippen MR) is 105 cm³/mol. The molecule has 2 heterocycles. The second kappa shape index (κ2) is 7.93. The number of nitrogens with zero attached hydrogens (tertiary/aromatic N) is 1. The fourth-order valence-corrected chi connectivity index (χ4v) is 4.43. The number of likely N-dealkylation sites (tertiary alicyclic amines) is 1. The van der Waals surface area contributed by atoms with Crippen molar-refractivity contribution in [2.24, 2.45) is 11.8 Å². The number of carbonyl (C=O) groups is 3. The minimum atomic E-state index is -0.716. The average Bonchev–Trinajstić information content (AvgIpc) is 2.96. The van der Waals surface area contributed by atoms with Crippen LogP contribution in [-0.4, -0.2) is 34.3 Å². The molecule has 1 N–H and O–H groups in total. The second-order valence-corrected chi connectivity index (χ2v) is 7.84. The molecule has 1 aromatic carbocycles. The Bertz CT molecular complexity index is 1060. The van der Waals surface area contributed by atoms with Gasteiger partial charge in [0.15, 0.2) is 0 Å². The lowest BCUT2D eigenvalue weighted by atomic mass is 9.81. The smallest absolute Gasteiger partial charge is 0.336 e. The first-order valence-corrected chi connectivity index (χ1v) is 10.2. The van der Waals surface area contributed by atoms with Crippen LogP contribution >= 0.6 is 0 Å². The normalized spacial score (nSPS) is 21.2. The molecule has 1 aliphatic carbocycles. The van der Waals surface area contributed by atoms with Gasteiger partial charge in [0.05, 0.1) is 11.8 Å². The van der Waals surface area contributed by atoms with Crippen molar-refractivity contribution in [2.45, 2.75) is 45.6 Å². The first-order valence-electron chi connectivity index (χ1n) is 10.2. The molecule has 4 rings (SSSR count). The highest BCUT2D eigenvalue weighted by Gasteiger charge is 2.48. The summed E-state index contributed by atoms with van der Waals surface area (Å²) in [6.45, 7) is 1.24. The molecule has 1 saturated heterocycles. The lowest BCUT2D eigenvalue weighted by molar-refractivity contribution is -0.153. The maximum absolute atomic E-state index is 12.5. The summed E-state index contributed by atoms with van der Waals surface area (Å²) in [6, 6.07) is 4.28. The van der Waals surface area contributed by atoms with Gasteiger partial charge < -0.3 is 14.3 Å². The van der Waals surface area contributed by atoms with Crippen LogP contribution in [0.1, 0.15) is 43.7 Å². The molecule has 0 spiro atoms. The fraction of sp³-hybridized carbons (Fsp3) is 0.455. The number of phenolic OH excluding ortho intramolecular Hbond substituents is 1. The van der Waals surface area contributed by atoms with Gasteiger partial charge in [-0.05, 0) is 30.9 Å². The summed E-state index contributed by atoms with van der Waals surface area (Å²) in [6.07, 6.45) is 3.76. The Morgan fingerprint density at radius 3 is 2.40 bits per heavy atom. The minimum absolute atomic E-state index is 0.0230. The highest BCUT2D eigenvalue weighted by atomic mass is 16.5. The molecule has 2 fully saturated rings. The maximum atomic E-state index is 12.5. The van der Waals surface area contributed by atoms with Gasteiger partial charge in [-0.3, -0.25) is 19.3 Å². The SMILES string of the molecule is CCc1cc2c(COC(=O)CN3C(=O)[C@H]4CCCC[C@H]4C3=O)cc(=O)oc2cc1O. The number of esters is 1. The zero-order chi connectivity index (χ0) is 21.4. The summed E-state index contributed by atoms with van der Waals surface area (Å²) < 4.78 is 10.4. The van der Waals surface area contributed by atoms with E-state index in [2.05, 4.69) is 0 Å². The van der Waals surface area contributed by atoms with Gasteiger partial charge in [-0.2, -0.15) is 0 Å². The van der Waals surface area contributed by atoms with Gasteiger partial charge in [-0.25, -0.2) is 4.79 Å². The Morgan fingerprint density at radius 1 is 1.10 bits per heavy atom. The molecule has 1 saturated carbocycles. The lowest BCUT2D eigenvalue weighted by Gasteiger charge is -2.19. The summed E-state index contributed by atoms with van der Waals surface area (Å²) in [5.41, 5.74) is 0.653. The van der Waals surface area contributed by atoms with E-state index in [4.69, 9.17) is 9.15 Å². The Kier molecular flexibility index (Phi) is 5.32. The molecule has 1 aromatic heterocycles. The lowest BCUT2D eigenvalue weighted by Crippen LogP contribution is -2.36. The summed E-state index contributed by atoms with van der Waals surface area (Å²) in [7, 11) is 0. The van der Waals surface area contributed by atoms with Crippen LogP contribution in [0.2, 0.25) is 0 Å². The molecule has 8 nitrogen and oxygen atoms in total. The Hall–Kier alpha value is -3.16. The predicted octanol–water partition coefficient (Wildman–Crippen LogP) is 2.28. The zero-order valence-corrected chi connectivity index (χ0v) is 16.7. The second-order valence-electron chi connectivity index (χ2n) is 7.84. The van der Waals surface area contributed by atoms with Gasteiger partial charge in [0.25, 0.3) is 0 Å². The van der Waals surface area contributed by atoms with Crippen LogP contribution < -0.4 is 5.63 Å². The highest BCUT2D eigenvalue weighted by molar-refractivity contribution is 6.07. The van der Waals surface area contributed by atoms with Crippen molar-refractivity contribution in [3.63, 3.8) is 0 Å². The Morgan fingerprint density at radius 2 is 1.77 bits per heavy atom. The van der Waals surface area contributed by atoms with E-state index >= 15 is 0 Å². The third kappa shape index (κ3) is 3.58. The van der Waals surface area contributed by atoms with Crippen LogP contribution in [0.5, 0.6) is 5.75 Å². The van der Waals surface area contributed by atoms with Crippen LogP contribution in [0.4, 0.5) is 0 Å². The Labute approximate surface area is 172 Å². The van der Waals surface area contributed by atoms with Gasteiger partial charge in [0.1, 0.15) is 24.5 Å². The van der Waals surface area contributed by atoms with Crippen molar-refractivity contribution >= 4 is 28.8 Å². The van der Waals surface area contributed by atoms with Gasteiger partial charge in [0.2, 0.25) is 11.8 Å². The van der Waals surface area contributed by atoms with Gasteiger partial charge >= 0.3 is 11.6 Å². The van der Waals surface area contributed by atoms with Crippen LogP contribution in [0.3, 0.4) is 0 Å². The molecule has 0 unspecified atom stereocenters. The van der Waals surface area contributed by atoms with Crippen molar-refractivity contribution in [3.8, 4) is 5.75 Å². The number of benzene rings is 1. The van der Waals surface area contributed by atoms with Crippen LogP contribution in [-0.2, 0) is 32.1 Å². The van der Waals surface area contributed by atoms with Crippen molar-refractivity contribution in [3.05, 3.63) is 39.7 Å². The summed E-state index contributed by atoms with van der Waals surface area (Å²) >= 11 is 0. The molecule has 8 heteroatoms. The van der Waals surface area contributed by atoms with Crippen molar-refractivity contribution < 1.29 is 28.6 Å². The van der Waals surface area contributed by atoms with Crippen LogP contribution in [0, 0.1) is 11.8 Å². The van der Waals surface area contributed by atoms with E-state index in [-0.39, 0.29) is 41.6 Å². The summed E-state index contributed by atoms with van der Waals surface area (Å²) in [4.78, 5) is 50.2. The first kappa shape index (κ1) is 20.1. The number of phenols is 1. The molecule has 158 valence electrons.